The number of hydrogen-bond acceptors (Lipinski definition) is 4. The fourth-order valence-electron chi connectivity index (χ4n) is 2.11. The van der Waals surface area contributed by atoms with Crippen molar-refractivity contribution in [1.29, 1.82) is 5.26 Å². The molecule has 1 saturated carbocycles. The van der Waals surface area contributed by atoms with Crippen molar-refractivity contribution in [2.45, 2.75) is 12.8 Å². The standard InChI is InChI=1S/C16H17N3O/c17-10-14-9-13-3-1-2-4-15(13)19-16(14)18-7-8-20-11-12-5-6-12/h1-4,9,12H,5-8,11H2,(H,18,19). The minimum absolute atomic E-state index is 0.575. The highest BCUT2D eigenvalue weighted by Crippen LogP contribution is 2.28. The number of nitriles is 1. The van der Waals surface area contributed by atoms with Crippen molar-refractivity contribution in [2.24, 2.45) is 5.92 Å². The number of benzene rings is 1. The molecule has 20 heavy (non-hydrogen) atoms. The van der Waals surface area contributed by atoms with Crippen LogP contribution in [-0.4, -0.2) is 24.7 Å². The molecule has 0 aliphatic heterocycles. The summed E-state index contributed by atoms with van der Waals surface area (Å²) in [5.41, 5.74) is 1.47. The maximum Gasteiger partial charge on any atom is 0.144 e. The number of aromatic nitrogens is 1. The first kappa shape index (κ1) is 12.9. The molecule has 3 rings (SSSR count). The largest absolute Gasteiger partial charge is 0.379 e. The van der Waals surface area contributed by atoms with Gasteiger partial charge in [0.05, 0.1) is 17.7 Å². The number of anilines is 1. The van der Waals surface area contributed by atoms with Crippen LogP contribution < -0.4 is 5.32 Å². The highest BCUT2D eigenvalue weighted by Gasteiger charge is 2.20. The summed E-state index contributed by atoms with van der Waals surface area (Å²) in [4.78, 5) is 4.50. The Morgan fingerprint density at radius 1 is 1.35 bits per heavy atom. The van der Waals surface area contributed by atoms with Crippen LogP contribution in [0.3, 0.4) is 0 Å². The summed E-state index contributed by atoms with van der Waals surface area (Å²) in [5, 5.41) is 13.4. The minimum atomic E-state index is 0.575. The number of hydrogen-bond donors (Lipinski definition) is 1. The van der Waals surface area contributed by atoms with Gasteiger partial charge in [-0.15, -0.1) is 0 Å². The molecule has 1 N–H and O–H groups in total. The molecule has 0 spiro atoms. The molecule has 2 aromatic rings. The molecule has 1 aromatic carbocycles. The smallest absolute Gasteiger partial charge is 0.144 e. The molecule has 1 heterocycles. The summed E-state index contributed by atoms with van der Waals surface area (Å²) in [6.07, 6.45) is 2.61. The van der Waals surface area contributed by atoms with Crippen molar-refractivity contribution in [1.82, 2.24) is 4.98 Å². The average molecular weight is 267 g/mol. The van der Waals surface area contributed by atoms with Crippen LogP contribution in [0.15, 0.2) is 30.3 Å². The van der Waals surface area contributed by atoms with Crippen LogP contribution in [0.2, 0.25) is 0 Å². The van der Waals surface area contributed by atoms with Gasteiger partial charge in [0.25, 0.3) is 0 Å². The van der Waals surface area contributed by atoms with Gasteiger partial charge >= 0.3 is 0 Å². The molecule has 0 saturated heterocycles. The Morgan fingerprint density at radius 2 is 2.20 bits per heavy atom. The number of rotatable bonds is 6. The van der Waals surface area contributed by atoms with E-state index in [2.05, 4.69) is 16.4 Å². The fourth-order valence-corrected chi connectivity index (χ4v) is 2.11. The van der Waals surface area contributed by atoms with E-state index in [1.165, 1.54) is 12.8 Å². The van der Waals surface area contributed by atoms with Crippen LogP contribution in [0.1, 0.15) is 18.4 Å². The Bertz CT molecular complexity index is 644. The third-order valence-electron chi connectivity index (χ3n) is 3.43. The second-order valence-electron chi connectivity index (χ2n) is 5.13. The lowest BCUT2D eigenvalue weighted by Gasteiger charge is -2.09. The SMILES string of the molecule is N#Cc1cc2ccccc2nc1NCCOCC1CC1. The molecule has 4 heteroatoms. The molecule has 1 aromatic heterocycles. The Labute approximate surface area is 118 Å². The van der Waals surface area contributed by atoms with Gasteiger partial charge < -0.3 is 10.1 Å². The minimum Gasteiger partial charge on any atom is -0.379 e. The van der Waals surface area contributed by atoms with Gasteiger partial charge in [-0.05, 0) is 30.9 Å². The normalized spacial score (nSPS) is 14.2. The summed E-state index contributed by atoms with van der Waals surface area (Å²) >= 11 is 0. The highest BCUT2D eigenvalue weighted by atomic mass is 16.5. The number of nitrogens with one attached hydrogen (secondary N) is 1. The van der Waals surface area contributed by atoms with E-state index >= 15 is 0 Å². The van der Waals surface area contributed by atoms with Crippen LogP contribution in [0.4, 0.5) is 5.82 Å². The average Bonchev–Trinajstić information content (AvgIpc) is 3.30. The van der Waals surface area contributed by atoms with E-state index in [1.54, 1.807) is 0 Å². The van der Waals surface area contributed by atoms with E-state index in [0.29, 0.717) is 24.5 Å². The summed E-state index contributed by atoms with van der Waals surface area (Å²) in [6, 6.07) is 11.9. The number of pyridine rings is 1. The predicted molar refractivity (Wildman–Crippen MR) is 78.5 cm³/mol. The van der Waals surface area contributed by atoms with Gasteiger partial charge in [0.1, 0.15) is 11.9 Å². The molecular weight excluding hydrogens is 250 g/mol. The van der Waals surface area contributed by atoms with Crippen molar-refractivity contribution >= 4 is 16.7 Å². The summed E-state index contributed by atoms with van der Waals surface area (Å²) < 4.78 is 5.57. The van der Waals surface area contributed by atoms with E-state index in [4.69, 9.17) is 4.74 Å². The summed E-state index contributed by atoms with van der Waals surface area (Å²) in [5.74, 6) is 1.42. The van der Waals surface area contributed by atoms with Gasteiger partial charge in [-0.25, -0.2) is 4.98 Å². The van der Waals surface area contributed by atoms with E-state index in [9.17, 15) is 5.26 Å². The monoisotopic (exact) mass is 267 g/mol. The zero-order chi connectivity index (χ0) is 13.8. The molecule has 102 valence electrons. The molecule has 4 nitrogen and oxygen atoms in total. The predicted octanol–water partition coefficient (Wildman–Crippen LogP) is 2.94. The van der Waals surface area contributed by atoms with Gasteiger partial charge in [0.15, 0.2) is 0 Å². The van der Waals surface area contributed by atoms with Gasteiger partial charge in [-0.1, -0.05) is 18.2 Å². The molecule has 0 amide bonds. The number of ether oxygens (including phenoxy) is 1. The lowest BCUT2D eigenvalue weighted by Crippen LogP contribution is -2.12. The Hall–Kier alpha value is -2.12. The van der Waals surface area contributed by atoms with Crippen molar-refractivity contribution in [2.75, 3.05) is 25.1 Å². The van der Waals surface area contributed by atoms with Crippen molar-refractivity contribution in [3.63, 3.8) is 0 Å². The Morgan fingerprint density at radius 3 is 3.00 bits per heavy atom. The second-order valence-corrected chi connectivity index (χ2v) is 5.13. The first-order valence-corrected chi connectivity index (χ1v) is 6.98. The lowest BCUT2D eigenvalue weighted by atomic mass is 10.1. The van der Waals surface area contributed by atoms with Crippen LogP contribution in [0.5, 0.6) is 0 Å². The van der Waals surface area contributed by atoms with E-state index in [-0.39, 0.29) is 0 Å². The van der Waals surface area contributed by atoms with Crippen molar-refractivity contribution < 1.29 is 4.74 Å². The highest BCUT2D eigenvalue weighted by molar-refractivity contribution is 5.82. The van der Waals surface area contributed by atoms with Gasteiger partial charge in [0, 0.05) is 18.5 Å². The Kier molecular flexibility index (Phi) is 3.80. The summed E-state index contributed by atoms with van der Waals surface area (Å²) in [7, 11) is 0. The van der Waals surface area contributed by atoms with E-state index in [0.717, 1.165) is 23.4 Å². The van der Waals surface area contributed by atoms with Crippen LogP contribution in [0.25, 0.3) is 10.9 Å². The second kappa shape index (κ2) is 5.89. The molecule has 0 unspecified atom stereocenters. The van der Waals surface area contributed by atoms with Crippen LogP contribution in [-0.2, 0) is 4.74 Å². The molecule has 1 fully saturated rings. The van der Waals surface area contributed by atoms with Gasteiger partial charge in [0.2, 0.25) is 0 Å². The molecule has 0 radical (unpaired) electrons. The van der Waals surface area contributed by atoms with Crippen LogP contribution in [0, 0.1) is 17.2 Å². The number of nitrogens with zero attached hydrogens (tertiary/aromatic N) is 2. The zero-order valence-electron chi connectivity index (χ0n) is 11.3. The molecular formula is C16H17N3O. The first-order valence-electron chi connectivity index (χ1n) is 6.98. The molecule has 1 aliphatic rings. The molecule has 1 aliphatic carbocycles. The van der Waals surface area contributed by atoms with E-state index in [1.807, 2.05) is 30.3 Å². The third-order valence-corrected chi connectivity index (χ3v) is 3.43. The Balaban J connectivity index is 1.64. The zero-order valence-corrected chi connectivity index (χ0v) is 11.3. The topological polar surface area (TPSA) is 57.9 Å². The fraction of sp³-hybridized carbons (Fsp3) is 0.375. The van der Waals surface area contributed by atoms with Gasteiger partial charge in [-0.2, -0.15) is 5.26 Å². The van der Waals surface area contributed by atoms with E-state index < -0.39 is 0 Å². The third kappa shape index (κ3) is 3.06. The van der Waals surface area contributed by atoms with Gasteiger partial charge in [-0.3, -0.25) is 0 Å². The van der Waals surface area contributed by atoms with Crippen molar-refractivity contribution in [3.8, 4) is 6.07 Å². The maximum atomic E-state index is 9.20. The number of para-hydroxylation sites is 1. The summed E-state index contributed by atoms with van der Waals surface area (Å²) in [6.45, 7) is 2.18. The quantitative estimate of drug-likeness (QED) is 0.817. The lowest BCUT2D eigenvalue weighted by molar-refractivity contribution is 0.134. The van der Waals surface area contributed by atoms with Crippen LogP contribution >= 0.6 is 0 Å². The maximum absolute atomic E-state index is 9.20. The number of fused-ring (bicyclic) bond motifs is 1. The van der Waals surface area contributed by atoms with Crippen molar-refractivity contribution in [3.05, 3.63) is 35.9 Å². The molecule has 0 atom stereocenters. The first-order chi connectivity index (χ1) is 9.86. The molecule has 0 bridgehead atoms.